The third-order valence-corrected chi connectivity index (χ3v) is 3.47. The van der Waals surface area contributed by atoms with Gasteiger partial charge in [0, 0.05) is 19.3 Å². The summed E-state index contributed by atoms with van der Waals surface area (Å²) < 4.78 is 0. The van der Waals surface area contributed by atoms with Crippen LogP contribution in [0, 0.1) is 5.92 Å². The Kier molecular flexibility index (Phi) is 4.25. The molecule has 1 unspecified atom stereocenters. The Bertz CT molecular complexity index is 422. The van der Waals surface area contributed by atoms with Gasteiger partial charge in [-0.05, 0) is 25.3 Å². The minimum Gasteiger partial charge on any atom is -0.478 e. The SMILES string of the molecule is CCCC1CCN(Cc2ncncc2C(=O)O)C1. The van der Waals surface area contributed by atoms with Gasteiger partial charge in [0.2, 0.25) is 0 Å². The average Bonchev–Trinajstić information content (AvgIpc) is 2.77. The summed E-state index contributed by atoms with van der Waals surface area (Å²) in [5.74, 6) is -0.194. The van der Waals surface area contributed by atoms with Gasteiger partial charge in [0.1, 0.15) is 11.9 Å². The van der Waals surface area contributed by atoms with Gasteiger partial charge in [-0.1, -0.05) is 13.3 Å². The quantitative estimate of drug-likeness (QED) is 0.861. The highest BCUT2D eigenvalue weighted by molar-refractivity contribution is 5.88. The first-order valence-corrected chi connectivity index (χ1v) is 6.45. The van der Waals surface area contributed by atoms with Gasteiger partial charge < -0.3 is 5.11 Å². The van der Waals surface area contributed by atoms with E-state index in [1.165, 1.54) is 31.8 Å². The Hall–Kier alpha value is -1.49. The molecule has 1 aliphatic rings. The number of nitrogens with zero attached hydrogens (tertiary/aromatic N) is 3. The number of hydrogen-bond acceptors (Lipinski definition) is 4. The van der Waals surface area contributed by atoms with Crippen LogP contribution in [0.5, 0.6) is 0 Å². The van der Waals surface area contributed by atoms with Crippen molar-refractivity contribution in [2.24, 2.45) is 5.92 Å². The second kappa shape index (κ2) is 5.91. The second-order valence-electron chi connectivity index (χ2n) is 4.87. The standard InChI is InChI=1S/C13H19N3O2/c1-2-3-10-4-5-16(7-10)8-12-11(13(17)18)6-14-9-15-12/h6,9-10H,2-5,7-8H2,1H3,(H,17,18). The lowest BCUT2D eigenvalue weighted by molar-refractivity contribution is 0.0693. The molecule has 0 amide bonds. The summed E-state index contributed by atoms with van der Waals surface area (Å²) in [4.78, 5) is 21.2. The molecule has 18 heavy (non-hydrogen) atoms. The van der Waals surface area contributed by atoms with Crippen molar-refractivity contribution in [3.05, 3.63) is 23.8 Å². The average molecular weight is 249 g/mol. The van der Waals surface area contributed by atoms with E-state index in [9.17, 15) is 4.79 Å². The van der Waals surface area contributed by atoms with Crippen LogP contribution in [0.3, 0.4) is 0 Å². The van der Waals surface area contributed by atoms with E-state index in [0.717, 1.165) is 19.0 Å². The summed E-state index contributed by atoms with van der Waals surface area (Å²) >= 11 is 0. The topological polar surface area (TPSA) is 66.3 Å². The number of carbonyl (C=O) groups is 1. The fourth-order valence-electron chi connectivity index (χ4n) is 2.57. The number of likely N-dealkylation sites (tertiary alicyclic amines) is 1. The molecule has 1 aromatic rings. The van der Waals surface area contributed by atoms with E-state index in [-0.39, 0.29) is 5.56 Å². The van der Waals surface area contributed by atoms with Crippen LogP contribution in [0.15, 0.2) is 12.5 Å². The fourth-order valence-corrected chi connectivity index (χ4v) is 2.57. The molecule has 1 aromatic heterocycles. The molecule has 0 aliphatic carbocycles. The van der Waals surface area contributed by atoms with Crippen molar-refractivity contribution in [2.45, 2.75) is 32.7 Å². The summed E-state index contributed by atoms with van der Waals surface area (Å²) in [6.45, 7) is 4.91. The molecule has 2 rings (SSSR count). The first-order valence-electron chi connectivity index (χ1n) is 6.45. The molecule has 1 aliphatic heterocycles. The molecule has 1 N–H and O–H groups in total. The molecule has 98 valence electrons. The zero-order valence-corrected chi connectivity index (χ0v) is 10.7. The Labute approximate surface area is 107 Å². The number of carboxylic acids is 1. The van der Waals surface area contributed by atoms with Gasteiger partial charge in [0.05, 0.1) is 5.69 Å². The minimum atomic E-state index is -0.949. The van der Waals surface area contributed by atoms with Crippen LogP contribution in [0.1, 0.15) is 42.2 Å². The minimum absolute atomic E-state index is 0.219. The maximum Gasteiger partial charge on any atom is 0.339 e. The normalized spacial score (nSPS) is 20.2. The first kappa shape index (κ1) is 13.0. The lowest BCUT2D eigenvalue weighted by atomic mass is 10.0. The molecule has 0 aromatic carbocycles. The molecule has 5 heteroatoms. The van der Waals surface area contributed by atoms with Crippen LogP contribution in [0.2, 0.25) is 0 Å². The van der Waals surface area contributed by atoms with E-state index in [1.807, 2.05) is 0 Å². The van der Waals surface area contributed by atoms with Crippen LogP contribution in [0.25, 0.3) is 0 Å². The summed E-state index contributed by atoms with van der Waals surface area (Å²) in [5, 5.41) is 9.08. The molecule has 0 saturated carbocycles. The molecule has 1 saturated heterocycles. The van der Waals surface area contributed by atoms with E-state index < -0.39 is 5.97 Å². The summed E-state index contributed by atoms with van der Waals surface area (Å²) in [6.07, 6.45) is 6.48. The first-order chi connectivity index (χ1) is 8.70. The molecule has 1 atom stereocenters. The predicted molar refractivity (Wildman–Crippen MR) is 67.3 cm³/mol. The highest BCUT2D eigenvalue weighted by Crippen LogP contribution is 2.22. The van der Waals surface area contributed by atoms with E-state index in [0.29, 0.717) is 12.2 Å². The van der Waals surface area contributed by atoms with Crippen LogP contribution in [-0.2, 0) is 6.54 Å². The zero-order chi connectivity index (χ0) is 13.0. The molecule has 0 bridgehead atoms. The van der Waals surface area contributed by atoms with Gasteiger partial charge in [0.25, 0.3) is 0 Å². The van der Waals surface area contributed by atoms with Crippen LogP contribution in [-0.4, -0.2) is 39.0 Å². The monoisotopic (exact) mass is 249 g/mol. The lowest BCUT2D eigenvalue weighted by Crippen LogP contribution is -2.22. The Morgan fingerprint density at radius 3 is 3.17 bits per heavy atom. The van der Waals surface area contributed by atoms with E-state index in [2.05, 4.69) is 21.8 Å². The number of aromatic carboxylic acids is 1. The maximum absolute atomic E-state index is 11.1. The van der Waals surface area contributed by atoms with Crippen molar-refractivity contribution in [2.75, 3.05) is 13.1 Å². The van der Waals surface area contributed by atoms with Crippen LogP contribution >= 0.6 is 0 Å². The predicted octanol–water partition coefficient (Wildman–Crippen LogP) is 1.80. The van der Waals surface area contributed by atoms with Crippen LogP contribution in [0.4, 0.5) is 0 Å². The van der Waals surface area contributed by atoms with E-state index in [1.54, 1.807) is 0 Å². The highest BCUT2D eigenvalue weighted by atomic mass is 16.4. The van der Waals surface area contributed by atoms with Crippen molar-refractivity contribution >= 4 is 5.97 Å². The van der Waals surface area contributed by atoms with Crippen molar-refractivity contribution in [3.8, 4) is 0 Å². The molecule has 5 nitrogen and oxygen atoms in total. The molecule has 0 spiro atoms. The zero-order valence-electron chi connectivity index (χ0n) is 10.7. The summed E-state index contributed by atoms with van der Waals surface area (Å²) in [6, 6.07) is 0. The van der Waals surface area contributed by atoms with Gasteiger partial charge in [-0.3, -0.25) is 4.90 Å². The molecule has 0 radical (unpaired) electrons. The van der Waals surface area contributed by atoms with Crippen molar-refractivity contribution < 1.29 is 9.90 Å². The molecular weight excluding hydrogens is 230 g/mol. The van der Waals surface area contributed by atoms with Crippen molar-refractivity contribution in [1.82, 2.24) is 14.9 Å². The summed E-state index contributed by atoms with van der Waals surface area (Å²) in [5.41, 5.74) is 0.839. The van der Waals surface area contributed by atoms with Gasteiger partial charge in [0.15, 0.2) is 0 Å². The smallest absolute Gasteiger partial charge is 0.339 e. The third kappa shape index (κ3) is 3.04. The van der Waals surface area contributed by atoms with Crippen molar-refractivity contribution in [3.63, 3.8) is 0 Å². The lowest BCUT2D eigenvalue weighted by Gasteiger charge is -2.16. The largest absolute Gasteiger partial charge is 0.478 e. The number of rotatable bonds is 5. The summed E-state index contributed by atoms with van der Waals surface area (Å²) in [7, 11) is 0. The van der Waals surface area contributed by atoms with E-state index >= 15 is 0 Å². The molecule has 2 heterocycles. The van der Waals surface area contributed by atoms with E-state index in [4.69, 9.17) is 5.11 Å². The van der Waals surface area contributed by atoms with Gasteiger partial charge >= 0.3 is 5.97 Å². The highest BCUT2D eigenvalue weighted by Gasteiger charge is 2.23. The second-order valence-corrected chi connectivity index (χ2v) is 4.87. The van der Waals surface area contributed by atoms with Gasteiger partial charge in [-0.15, -0.1) is 0 Å². The maximum atomic E-state index is 11.1. The Morgan fingerprint density at radius 1 is 1.61 bits per heavy atom. The number of carboxylic acid groups (broad SMARTS) is 1. The Balaban J connectivity index is 2.00. The molecule has 1 fully saturated rings. The van der Waals surface area contributed by atoms with Gasteiger partial charge in [-0.25, -0.2) is 14.8 Å². The fraction of sp³-hybridized carbons (Fsp3) is 0.615. The number of hydrogen-bond donors (Lipinski definition) is 1. The Morgan fingerprint density at radius 2 is 2.44 bits per heavy atom. The van der Waals surface area contributed by atoms with Crippen LogP contribution < -0.4 is 0 Å². The molecular formula is C13H19N3O2. The van der Waals surface area contributed by atoms with Crippen molar-refractivity contribution in [1.29, 1.82) is 0 Å². The van der Waals surface area contributed by atoms with Gasteiger partial charge in [-0.2, -0.15) is 0 Å². The number of aromatic nitrogens is 2. The third-order valence-electron chi connectivity index (χ3n) is 3.47.